The summed E-state index contributed by atoms with van der Waals surface area (Å²) in [6, 6.07) is 36.5. The van der Waals surface area contributed by atoms with Crippen LogP contribution >= 0.6 is 0 Å². The van der Waals surface area contributed by atoms with Gasteiger partial charge in [0.25, 0.3) is 0 Å². The molecule has 0 saturated carbocycles. The maximum absolute atomic E-state index is 3.68. The molecule has 0 spiro atoms. The second kappa shape index (κ2) is 5.86. The average molecular weight is 358 g/mol. The van der Waals surface area contributed by atoms with Crippen LogP contribution in [0.4, 0.5) is 0 Å². The van der Waals surface area contributed by atoms with Crippen molar-refractivity contribution in [1.29, 1.82) is 0 Å². The fourth-order valence-electron chi connectivity index (χ4n) is 4.28. The van der Waals surface area contributed by atoms with Gasteiger partial charge in [-0.2, -0.15) is 0 Å². The number of nitrogens with zero attached hydrogens (tertiary/aromatic N) is 1. The van der Waals surface area contributed by atoms with Crippen LogP contribution < -0.4 is 0 Å². The van der Waals surface area contributed by atoms with Crippen molar-refractivity contribution in [2.75, 3.05) is 0 Å². The lowest BCUT2D eigenvalue weighted by Crippen LogP contribution is -1.96. The summed E-state index contributed by atoms with van der Waals surface area (Å²) < 4.78 is 2.38. The first-order valence-corrected chi connectivity index (χ1v) is 9.56. The molecule has 0 amide bonds. The number of hydrogen-bond acceptors (Lipinski definition) is 0. The van der Waals surface area contributed by atoms with Crippen LogP contribution in [0.3, 0.4) is 0 Å². The van der Waals surface area contributed by atoms with Gasteiger partial charge in [0, 0.05) is 27.4 Å². The Kier molecular flexibility index (Phi) is 3.20. The van der Waals surface area contributed by atoms with Crippen LogP contribution in [0, 0.1) is 0 Å². The van der Waals surface area contributed by atoms with Crippen LogP contribution in [-0.2, 0) is 0 Å². The minimum absolute atomic E-state index is 1.17. The Morgan fingerprint density at radius 1 is 0.607 bits per heavy atom. The predicted octanol–water partition coefficient (Wildman–Crippen LogP) is 6.93. The zero-order valence-electron chi connectivity index (χ0n) is 15.3. The average Bonchev–Trinajstić information content (AvgIpc) is 3.33. The number of nitrogens with one attached hydrogen (secondary N) is 1. The van der Waals surface area contributed by atoms with E-state index in [9.17, 15) is 0 Å². The summed E-state index contributed by atoms with van der Waals surface area (Å²) in [7, 11) is 0. The standard InChI is InChI=1S/C26H18N2/c1-3-9-18(10-4-1)24-17-19-15-16-22-21-13-7-8-14-23(21)27-25(22)26(19)28(24)20-11-5-2-6-12-20/h1-17,27H. The van der Waals surface area contributed by atoms with Gasteiger partial charge >= 0.3 is 0 Å². The molecule has 0 unspecified atom stereocenters. The summed E-state index contributed by atoms with van der Waals surface area (Å²) in [5, 5.41) is 3.77. The van der Waals surface area contributed by atoms with Gasteiger partial charge in [0.05, 0.1) is 16.7 Å². The molecule has 0 atom stereocenters. The fourth-order valence-corrected chi connectivity index (χ4v) is 4.28. The third kappa shape index (κ3) is 2.15. The molecule has 0 aliphatic rings. The summed E-state index contributed by atoms with van der Waals surface area (Å²) in [5.74, 6) is 0. The minimum atomic E-state index is 1.17. The van der Waals surface area contributed by atoms with Crippen LogP contribution in [0.2, 0.25) is 0 Å². The smallest absolute Gasteiger partial charge is 0.0777 e. The van der Waals surface area contributed by atoms with Crippen molar-refractivity contribution in [3.63, 3.8) is 0 Å². The molecular weight excluding hydrogens is 340 g/mol. The van der Waals surface area contributed by atoms with E-state index in [2.05, 4.69) is 113 Å². The van der Waals surface area contributed by atoms with E-state index >= 15 is 0 Å². The topological polar surface area (TPSA) is 20.7 Å². The molecule has 1 N–H and O–H groups in total. The van der Waals surface area contributed by atoms with Crippen LogP contribution in [0.25, 0.3) is 49.7 Å². The Labute approximate surface area is 162 Å². The van der Waals surface area contributed by atoms with Crippen molar-refractivity contribution < 1.29 is 0 Å². The SMILES string of the molecule is c1ccc(-c2cc3ccc4c5ccccc5[nH]c4c3n2-c2ccccc2)cc1. The lowest BCUT2D eigenvalue weighted by atomic mass is 10.1. The zero-order valence-corrected chi connectivity index (χ0v) is 15.3. The van der Waals surface area contributed by atoms with Gasteiger partial charge in [0.2, 0.25) is 0 Å². The van der Waals surface area contributed by atoms with Gasteiger partial charge in [-0.05, 0) is 29.8 Å². The number of hydrogen-bond donors (Lipinski definition) is 1. The maximum atomic E-state index is 3.68. The molecular formula is C26H18N2. The van der Waals surface area contributed by atoms with Crippen molar-refractivity contribution in [3.05, 3.63) is 103 Å². The molecule has 132 valence electrons. The molecule has 0 bridgehead atoms. The number of benzene rings is 4. The third-order valence-corrected chi connectivity index (χ3v) is 5.53. The normalized spacial score (nSPS) is 11.6. The molecule has 2 aromatic heterocycles. The third-order valence-electron chi connectivity index (χ3n) is 5.53. The second-order valence-electron chi connectivity index (χ2n) is 7.16. The molecule has 2 heterocycles. The van der Waals surface area contributed by atoms with E-state index < -0.39 is 0 Å². The number of aromatic amines is 1. The van der Waals surface area contributed by atoms with E-state index in [1.807, 2.05) is 0 Å². The van der Waals surface area contributed by atoms with Gasteiger partial charge in [-0.3, -0.25) is 0 Å². The van der Waals surface area contributed by atoms with E-state index in [0.29, 0.717) is 0 Å². The maximum Gasteiger partial charge on any atom is 0.0777 e. The molecule has 0 fully saturated rings. The molecule has 0 aliphatic carbocycles. The highest BCUT2D eigenvalue weighted by Crippen LogP contribution is 2.37. The van der Waals surface area contributed by atoms with E-state index in [1.165, 1.54) is 49.7 Å². The molecule has 6 aromatic rings. The minimum Gasteiger partial charge on any atom is -0.353 e. The Bertz CT molecular complexity index is 1440. The number of rotatable bonds is 2. The molecule has 28 heavy (non-hydrogen) atoms. The molecule has 0 saturated heterocycles. The monoisotopic (exact) mass is 358 g/mol. The highest BCUT2D eigenvalue weighted by Gasteiger charge is 2.16. The van der Waals surface area contributed by atoms with Gasteiger partial charge < -0.3 is 9.55 Å². The quantitative estimate of drug-likeness (QED) is 0.346. The van der Waals surface area contributed by atoms with Crippen molar-refractivity contribution in [2.24, 2.45) is 0 Å². The summed E-state index contributed by atoms with van der Waals surface area (Å²) in [5.41, 5.74) is 7.16. The number of aromatic nitrogens is 2. The Hall–Kier alpha value is -3.78. The Balaban J connectivity index is 1.81. The summed E-state index contributed by atoms with van der Waals surface area (Å²) in [6.45, 7) is 0. The van der Waals surface area contributed by atoms with Gasteiger partial charge in [-0.1, -0.05) is 78.9 Å². The molecule has 0 radical (unpaired) electrons. The van der Waals surface area contributed by atoms with Crippen molar-refractivity contribution >= 4 is 32.7 Å². The van der Waals surface area contributed by atoms with Crippen molar-refractivity contribution in [1.82, 2.24) is 9.55 Å². The first-order valence-electron chi connectivity index (χ1n) is 9.56. The van der Waals surface area contributed by atoms with E-state index in [4.69, 9.17) is 0 Å². The number of fused-ring (bicyclic) bond motifs is 5. The van der Waals surface area contributed by atoms with Crippen LogP contribution in [0.1, 0.15) is 0 Å². The summed E-state index contributed by atoms with van der Waals surface area (Å²) in [4.78, 5) is 3.68. The van der Waals surface area contributed by atoms with Gasteiger partial charge in [-0.25, -0.2) is 0 Å². The predicted molar refractivity (Wildman–Crippen MR) is 118 cm³/mol. The molecule has 2 nitrogen and oxygen atoms in total. The molecule has 0 aliphatic heterocycles. The first kappa shape index (κ1) is 15.3. The van der Waals surface area contributed by atoms with Crippen molar-refractivity contribution in [3.8, 4) is 16.9 Å². The lowest BCUT2D eigenvalue weighted by Gasteiger charge is -2.12. The van der Waals surface area contributed by atoms with E-state index in [-0.39, 0.29) is 0 Å². The number of H-pyrrole nitrogens is 1. The first-order chi connectivity index (χ1) is 13.9. The lowest BCUT2D eigenvalue weighted by molar-refractivity contribution is 1.14. The van der Waals surface area contributed by atoms with Gasteiger partial charge in [0.15, 0.2) is 0 Å². The molecule has 2 heteroatoms. The zero-order chi connectivity index (χ0) is 18.5. The highest BCUT2D eigenvalue weighted by atomic mass is 15.0. The van der Waals surface area contributed by atoms with Crippen LogP contribution in [-0.4, -0.2) is 9.55 Å². The van der Waals surface area contributed by atoms with E-state index in [1.54, 1.807) is 0 Å². The van der Waals surface area contributed by atoms with Gasteiger partial charge in [-0.15, -0.1) is 0 Å². The van der Waals surface area contributed by atoms with Crippen molar-refractivity contribution in [2.45, 2.75) is 0 Å². The van der Waals surface area contributed by atoms with Crippen LogP contribution in [0.15, 0.2) is 103 Å². The summed E-state index contributed by atoms with van der Waals surface area (Å²) in [6.07, 6.45) is 0. The fraction of sp³-hybridized carbons (Fsp3) is 0. The van der Waals surface area contributed by atoms with E-state index in [0.717, 1.165) is 0 Å². The Morgan fingerprint density at radius 3 is 2.14 bits per heavy atom. The molecule has 6 rings (SSSR count). The molecule has 4 aromatic carbocycles. The van der Waals surface area contributed by atoms with Gasteiger partial charge in [0.1, 0.15) is 0 Å². The second-order valence-corrected chi connectivity index (χ2v) is 7.16. The largest absolute Gasteiger partial charge is 0.353 e. The Morgan fingerprint density at radius 2 is 1.32 bits per heavy atom. The summed E-state index contributed by atoms with van der Waals surface area (Å²) >= 11 is 0. The number of para-hydroxylation sites is 2. The van der Waals surface area contributed by atoms with Crippen LogP contribution in [0.5, 0.6) is 0 Å². The highest BCUT2D eigenvalue weighted by molar-refractivity contribution is 6.17.